The molecule has 0 N–H and O–H groups in total. The lowest BCUT2D eigenvalue weighted by Gasteiger charge is -2.26. The van der Waals surface area contributed by atoms with Crippen molar-refractivity contribution in [2.24, 2.45) is 5.92 Å². The Morgan fingerprint density at radius 1 is 1.20 bits per heavy atom. The van der Waals surface area contributed by atoms with Crippen LogP contribution in [-0.4, -0.2) is 16.3 Å². The summed E-state index contributed by atoms with van der Waals surface area (Å²) in [5.74, 6) is 1.87. The standard InChI is InChI=1S/C16H20N2O2/c1-12-6-5-9-14(10-12)19-11-15-17-18-16(20-15)13-7-3-2-4-8-13/h2-4,7-8,12,14H,5-6,9-11H2,1H3. The Morgan fingerprint density at radius 3 is 2.85 bits per heavy atom. The third-order valence-electron chi connectivity index (χ3n) is 3.82. The molecule has 0 amide bonds. The van der Waals surface area contributed by atoms with Crippen LogP contribution in [0.15, 0.2) is 34.7 Å². The van der Waals surface area contributed by atoms with E-state index in [1.807, 2.05) is 30.3 Å². The van der Waals surface area contributed by atoms with Gasteiger partial charge in [0.25, 0.3) is 0 Å². The summed E-state index contributed by atoms with van der Waals surface area (Å²) < 4.78 is 11.5. The van der Waals surface area contributed by atoms with E-state index in [4.69, 9.17) is 9.15 Å². The van der Waals surface area contributed by atoms with E-state index in [0.717, 1.165) is 24.3 Å². The molecule has 106 valence electrons. The van der Waals surface area contributed by atoms with Crippen molar-refractivity contribution < 1.29 is 9.15 Å². The van der Waals surface area contributed by atoms with E-state index in [2.05, 4.69) is 17.1 Å². The van der Waals surface area contributed by atoms with E-state index in [1.165, 1.54) is 12.8 Å². The minimum Gasteiger partial charge on any atom is -0.418 e. The van der Waals surface area contributed by atoms with Gasteiger partial charge in [-0.05, 0) is 30.9 Å². The molecule has 1 aromatic carbocycles. The number of benzene rings is 1. The third kappa shape index (κ3) is 3.25. The van der Waals surface area contributed by atoms with Crippen LogP contribution < -0.4 is 0 Å². The minimum atomic E-state index is 0.339. The predicted molar refractivity (Wildman–Crippen MR) is 75.9 cm³/mol. The van der Waals surface area contributed by atoms with Crippen LogP contribution in [0.2, 0.25) is 0 Å². The first-order valence-corrected chi connectivity index (χ1v) is 7.30. The average Bonchev–Trinajstić information content (AvgIpc) is 2.95. The van der Waals surface area contributed by atoms with Gasteiger partial charge in [0.15, 0.2) is 0 Å². The van der Waals surface area contributed by atoms with Crippen LogP contribution in [0.25, 0.3) is 11.5 Å². The molecule has 20 heavy (non-hydrogen) atoms. The summed E-state index contributed by atoms with van der Waals surface area (Å²) in [7, 11) is 0. The van der Waals surface area contributed by atoms with Crippen molar-refractivity contribution in [3.8, 4) is 11.5 Å². The molecule has 1 aliphatic rings. The van der Waals surface area contributed by atoms with E-state index in [1.54, 1.807) is 0 Å². The Labute approximate surface area is 119 Å². The molecule has 2 atom stereocenters. The van der Waals surface area contributed by atoms with Gasteiger partial charge >= 0.3 is 0 Å². The summed E-state index contributed by atoms with van der Waals surface area (Å²) in [6.45, 7) is 2.70. The van der Waals surface area contributed by atoms with Gasteiger partial charge in [0, 0.05) is 5.56 Å². The summed E-state index contributed by atoms with van der Waals surface area (Å²) >= 11 is 0. The molecule has 2 aromatic rings. The van der Waals surface area contributed by atoms with E-state index >= 15 is 0 Å². The molecule has 2 unspecified atom stereocenters. The fraction of sp³-hybridized carbons (Fsp3) is 0.500. The van der Waals surface area contributed by atoms with Crippen molar-refractivity contribution in [3.63, 3.8) is 0 Å². The Bertz CT molecular complexity index is 538. The number of rotatable bonds is 4. The third-order valence-corrected chi connectivity index (χ3v) is 3.82. The van der Waals surface area contributed by atoms with Gasteiger partial charge in [-0.3, -0.25) is 0 Å². The second kappa shape index (κ2) is 6.18. The van der Waals surface area contributed by atoms with Gasteiger partial charge in [-0.1, -0.05) is 38.0 Å². The Morgan fingerprint density at radius 2 is 2.05 bits per heavy atom. The first kappa shape index (κ1) is 13.3. The zero-order chi connectivity index (χ0) is 13.8. The van der Waals surface area contributed by atoms with Gasteiger partial charge in [-0.2, -0.15) is 0 Å². The van der Waals surface area contributed by atoms with Gasteiger partial charge in [-0.25, -0.2) is 0 Å². The summed E-state index contributed by atoms with van der Waals surface area (Å²) in [5, 5.41) is 8.12. The molecule has 1 aromatic heterocycles. The fourth-order valence-electron chi connectivity index (χ4n) is 2.73. The first-order chi connectivity index (χ1) is 9.81. The molecule has 1 heterocycles. The lowest BCUT2D eigenvalue weighted by Crippen LogP contribution is -2.21. The maximum atomic E-state index is 5.89. The largest absolute Gasteiger partial charge is 0.418 e. The molecule has 0 aliphatic heterocycles. The summed E-state index contributed by atoms with van der Waals surface area (Å²) in [6, 6.07) is 9.80. The van der Waals surface area contributed by atoms with Crippen LogP contribution in [0, 0.1) is 5.92 Å². The van der Waals surface area contributed by atoms with Crippen molar-refractivity contribution in [1.29, 1.82) is 0 Å². The normalized spacial score (nSPS) is 22.9. The zero-order valence-corrected chi connectivity index (χ0v) is 11.8. The minimum absolute atomic E-state index is 0.339. The van der Waals surface area contributed by atoms with Gasteiger partial charge in [0.2, 0.25) is 11.8 Å². The van der Waals surface area contributed by atoms with E-state index in [0.29, 0.717) is 24.5 Å². The monoisotopic (exact) mass is 272 g/mol. The topological polar surface area (TPSA) is 48.2 Å². The van der Waals surface area contributed by atoms with Crippen molar-refractivity contribution >= 4 is 0 Å². The van der Waals surface area contributed by atoms with E-state index in [9.17, 15) is 0 Å². The van der Waals surface area contributed by atoms with E-state index in [-0.39, 0.29) is 0 Å². The van der Waals surface area contributed by atoms with Crippen LogP contribution in [0.5, 0.6) is 0 Å². The fourth-order valence-corrected chi connectivity index (χ4v) is 2.73. The van der Waals surface area contributed by atoms with Gasteiger partial charge < -0.3 is 9.15 Å². The lowest BCUT2D eigenvalue weighted by atomic mass is 9.89. The molecule has 3 rings (SSSR count). The number of ether oxygens (including phenoxy) is 1. The molecular formula is C16H20N2O2. The molecular weight excluding hydrogens is 252 g/mol. The first-order valence-electron chi connectivity index (χ1n) is 7.30. The summed E-state index contributed by atoms with van der Waals surface area (Å²) in [5.41, 5.74) is 0.942. The smallest absolute Gasteiger partial charge is 0.247 e. The molecule has 1 saturated carbocycles. The number of hydrogen-bond donors (Lipinski definition) is 0. The molecule has 1 fully saturated rings. The molecule has 0 radical (unpaired) electrons. The van der Waals surface area contributed by atoms with Crippen LogP contribution in [0.3, 0.4) is 0 Å². The van der Waals surface area contributed by atoms with Crippen molar-refractivity contribution in [2.75, 3.05) is 0 Å². The molecule has 0 spiro atoms. The second-order valence-electron chi connectivity index (χ2n) is 5.57. The van der Waals surface area contributed by atoms with Gasteiger partial charge in [-0.15, -0.1) is 10.2 Å². The molecule has 0 saturated heterocycles. The Hall–Kier alpha value is -1.68. The highest BCUT2D eigenvalue weighted by Crippen LogP contribution is 2.26. The maximum absolute atomic E-state index is 5.89. The summed E-state index contributed by atoms with van der Waals surface area (Å²) in [6.07, 6.45) is 5.19. The highest BCUT2D eigenvalue weighted by atomic mass is 16.5. The number of hydrogen-bond acceptors (Lipinski definition) is 4. The highest BCUT2D eigenvalue weighted by Gasteiger charge is 2.20. The van der Waals surface area contributed by atoms with Crippen molar-refractivity contribution in [1.82, 2.24) is 10.2 Å². The molecule has 4 heteroatoms. The van der Waals surface area contributed by atoms with E-state index < -0.39 is 0 Å². The SMILES string of the molecule is CC1CCCC(OCc2nnc(-c3ccccc3)o2)C1. The Kier molecular flexibility index (Phi) is 4.11. The van der Waals surface area contributed by atoms with Crippen LogP contribution >= 0.6 is 0 Å². The average molecular weight is 272 g/mol. The lowest BCUT2D eigenvalue weighted by molar-refractivity contribution is -0.00444. The molecule has 1 aliphatic carbocycles. The van der Waals surface area contributed by atoms with Crippen molar-refractivity contribution in [3.05, 3.63) is 36.2 Å². The van der Waals surface area contributed by atoms with Gasteiger partial charge in [0.05, 0.1) is 6.10 Å². The van der Waals surface area contributed by atoms with Crippen LogP contribution in [0.4, 0.5) is 0 Å². The predicted octanol–water partition coefficient (Wildman–Crippen LogP) is 3.83. The summed E-state index contributed by atoms with van der Waals surface area (Å²) in [4.78, 5) is 0. The molecule has 4 nitrogen and oxygen atoms in total. The molecule has 0 bridgehead atoms. The number of nitrogens with zero attached hydrogens (tertiary/aromatic N) is 2. The quantitative estimate of drug-likeness (QED) is 0.848. The van der Waals surface area contributed by atoms with Gasteiger partial charge in [0.1, 0.15) is 6.61 Å². The van der Waals surface area contributed by atoms with Crippen LogP contribution in [-0.2, 0) is 11.3 Å². The van der Waals surface area contributed by atoms with Crippen LogP contribution in [0.1, 0.15) is 38.5 Å². The highest BCUT2D eigenvalue weighted by molar-refractivity contribution is 5.51. The second-order valence-corrected chi connectivity index (χ2v) is 5.57. The maximum Gasteiger partial charge on any atom is 0.247 e. The Balaban J connectivity index is 1.58. The zero-order valence-electron chi connectivity index (χ0n) is 11.8. The number of aromatic nitrogens is 2. The van der Waals surface area contributed by atoms with Crippen molar-refractivity contribution in [2.45, 2.75) is 45.3 Å².